The van der Waals surface area contributed by atoms with Crippen LogP contribution >= 0.6 is 28.3 Å². The highest BCUT2D eigenvalue weighted by atomic mass is 79.9. The summed E-state index contributed by atoms with van der Waals surface area (Å²) in [4.78, 5) is 2.50. The van der Waals surface area contributed by atoms with Crippen molar-refractivity contribution in [2.45, 2.75) is 32.4 Å². The summed E-state index contributed by atoms with van der Waals surface area (Å²) in [6.45, 7) is 6.22. The fraction of sp³-hybridized carbons (Fsp3) is 0.600. The van der Waals surface area contributed by atoms with E-state index in [0.29, 0.717) is 12.0 Å². The molecular weight excluding hydrogens is 340 g/mol. The first kappa shape index (κ1) is 16.1. The molecule has 20 heavy (non-hydrogen) atoms. The third kappa shape index (κ3) is 3.30. The summed E-state index contributed by atoms with van der Waals surface area (Å²) in [5.41, 5.74) is 8.74. The van der Waals surface area contributed by atoms with Gasteiger partial charge in [0.05, 0.1) is 6.61 Å². The lowest BCUT2D eigenvalue weighted by Crippen LogP contribution is -2.45. The predicted molar refractivity (Wildman–Crippen MR) is 87.6 cm³/mol. The normalized spacial score (nSPS) is 25.8. The van der Waals surface area contributed by atoms with Crippen LogP contribution in [0.25, 0.3) is 0 Å². The van der Waals surface area contributed by atoms with E-state index in [1.165, 1.54) is 11.1 Å². The van der Waals surface area contributed by atoms with E-state index in [9.17, 15) is 0 Å². The summed E-state index contributed by atoms with van der Waals surface area (Å²) in [5, 5.41) is 0. The number of likely N-dealkylation sites (tertiary alicyclic amines) is 1. The highest BCUT2D eigenvalue weighted by Crippen LogP contribution is 2.34. The summed E-state index contributed by atoms with van der Waals surface area (Å²) < 4.78 is 6.96. The standard InChI is InChI=1S/C15H21BrN2O.ClH/c1-10-8-18(4-2-14(10)17)9-12-7-13(16)6-11-3-5-19-15(11)12;/h6-7,10,14H,2-5,8-9,17H2,1H3;1H. The molecule has 112 valence electrons. The number of benzene rings is 1. The van der Waals surface area contributed by atoms with Crippen LogP contribution in [-0.4, -0.2) is 30.6 Å². The largest absolute Gasteiger partial charge is 0.493 e. The van der Waals surface area contributed by atoms with Gasteiger partial charge in [0.2, 0.25) is 0 Å². The second kappa shape index (κ2) is 6.65. The van der Waals surface area contributed by atoms with Gasteiger partial charge in [0.15, 0.2) is 0 Å². The first-order valence-electron chi connectivity index (χ1n) is 7.05. The van der Waals surface area contributed by atoms with Crippen LogP contribution in [0, 0.1) is 5.92 Å². The highest BCUT2D eigenvalue weighted by molar-refractivity contribution is 9.10. The molecule has 2 aliphatic heterocycles. The van der Waals surface area contributed by atoms with Crippen LogP contribution in [0.2, 0.25) is 0 Å². The first-order chi connectivity index (χ1) is 9.13. The van der Waals surface area contributed by atoms with Gasteiger partial charge < -0.3 is 10.5 Å². The summed E-state index contributed by atoms with van der Waals surface area (Å²) >= 11 is 3.61. The third-order valence-electron chi connectivity index (χ3n) is 4.28. The highest BCUT2D eigenvalue weighted by Gasteiger charge is 2.25. The summed E-state index contributed by atoms with van der Waals surface area (Å²) in [6.07, 6.45) is 2.13. The molecule has 1 saturated heterocycles. The minimum absolute atomic E-state index is 0. The van der Waals surface area contributed by atoms with E-state index >= 15 is 0 Å². The van der Waals surface area contributed by atoms with Crippen molar-refractivity contribution in [3.8, 4) is 5.75 Å². The fourth-order valence-corrected chi connectivity index (χ4v) is 3.65. The topological polar surface area (TPSA) is 38.5 Å². The van der Waals surface area contributed by atoms with E-state index in [2.05, 4.69) is 39.9 Å². The van der Waals surface area contributed by atoms with Crippen molar-refractivity contribution >= 4 is 28.3 Å². The number of hydrogen-bond donors (Lipinski definition) is 1. The van der Waals surface area contributed by atoms with Gasteiger partial charge in [-0.05, 0) is 36.6 Å². The molecule has 2 heterocycles. The minimum Gasteiger partial charge on any atom is -0.493 e. The van der Waals surface area contributed by atoms with E-state index in [1.807, 2.05) is 0 Å². The van der Waals surface area contributed by atoms with Gasteiger partial charge in [0, 0.05) is 35.6 Å². The molecule has 2 unspecified atom stereocenters. The molecule has 2 atom stereocenters. The summed E-state index contributed by atoms with van der Waals surface area (Å²) in [6, 6.07) is 4.74. The Bertz CT molecular complexity index is 483. The quantitative estimate of drug-likeness (QED) is 0.880. The number of hydrogen-bond acceptors (Lipinski definition) is 3. The zero-order chi connectivity index (χ0) is 13.4. The van der Waals surface area contributed by atoms with Crippen LogP contribution in [-0.2, 0) is 13.0 Å². The maximum Gasteiger partial charge on any atom is 0.127 e. The van der Waals surface area contributed by atoms with Crippen molar-refractivity contribution in [2.24, 2.45) is 11.7 Å². The lowest BCUT2D eigenvalue weighted by molar-refractivity contribution is 0.156. The zero-order valence-corrected chi connectivity index (χ0v) is 14.2. The van der Waals surface area contributed by atoms with Gasteiger partial charge in [0.1, 0.15) is 5.75 Å². The first-order valence-corrected chi connectivity index (χ1v) is 7.85. The Morgan fingerprint density at radius 3 is 3.00 bits per heavy atom. The fourth-order valence-electron chi connectivity index (χ4n) is 3.10. The van der Waals surface area contributed by atoms with Crippen molar-refractivity contribution < 1.29 is 4.74 Å². The van der Waals surface area contributed by atoms with Crippen LogP contribution in [0.1, 0.15) is 24.5 Å². The molecule has 0 aliphatic carbocycles. The number of ether oxygens (including phenoxy) is 1. The van der Waals surface area contributed by atoms with Crippen LogP contribution in [0.15, 0.2) is 16.6 Å². The van der Waals surface area contributed by atoms with Crippen LogP contribution < -0.4 is 10.5 Å². The molecule has 3 nitrogen and oxygen atoms in total. The Labute approximate surface area is 135 Å². The molecule has 2 N–H and O–H groups in total. The predicted octanol–water partition coefficient (Wildman–Crippen LogP) is 2.97. The summed E-state index contributed by atoms with van der Waals surface area (Å²) in [7, 11) is 0. The van der Waals surface area contributed by atoms with Crippen molar-refractivity contribution in [1.82, 2.24) is 4.90 Å². The van der Waals surface area contributed by atoms with Crippen molar-refractivity contribution in [3.05, 3.63) is 27.7 Å². The SMILES string of the molecule is CC1CN(Cc2cc(Br)cc3c2OCC3)CCC1N.Cl. The van der Waals surface area contributed by atoms with Gasteiger partial charge in [-0.25, -0.2) is 0 Å². The molecule has 0 spiro atoms. The lowest BCUT2D eigenvalue weighted by atomic mass is 9.94. The van der Waals surface area contributed by atoms with E-state index in [1.54, 1.807) is 0 Å². The number of piperidine rings is 1. The molecule has 0 radical (unpaired) electrons. The van der Waals surface area contributed by atoms with E-state index in [4.69, 9.17) is 10.5 Å². The molecule has 0 bridgehead atoms. The Morgan fingerprint density at radius 1 is 1.45 bits per heavy atom. The molecule has 2 aliphatic rings. The lowest BCUT2D eigenvalue weighted by Gasteiger charge is -2.35. The molecule has 0 saturated carbocycles. The zero-order valence-electron chi connectivity index (χ0n) is 11.8. The van der Waals surface area contributed by atoms with E-state index < -0.39 is 0 Å². The van der Waals surface area contributed by atoms with E-state index in [-0.39, 0.29) is 12.4 Å². The number of rotatable bonds is 2. The summed E-state index contributed by atoms with van der Waals surface area (Å²) in [5.74, 6) is 1.69. The second-order valence-electron chi connectivity index (χ2n) is 5.82. The number of nitrogens with zero attached hydrogens (tertiary/aromatic N) is 1. The van der Waals surface area contributed by atoms with Crippen LogP contribution in [0.3, 0.4) is 0 Å². The number of fused-ring (bicyclic) bond motifs is 1. The van der Waals surface area contributed by atoms with Crippen LogP contribution in [0.5, 0.6) is 5.75 Å². The average Bonchev–Trinajstić information content (AvgIpc) is 2.82. The molecule has 1 aromatic carbocycles. The molecule has 0 amide bonds. The van der Waals surface area contributed by atoms with E-state index in [0.717, 1.165) is 49.3 Å². The van der Waals surface area contributed by atoms with Crippen molar-refractivity contribution in [2.75, 3.05) is 19.7 Å². The Kier molecular flexibility index (Phi) is 5.35. The average molecular weight is 362 g/mol. The Balaban J connectivity index is 0.00000147. The Morgan fingerprint density at radius 2 is 2.25 bits per heavy atom. The van der Waals surface area contributed by atoms with Gasteiger partial charge in [-0.2, -0.15) is 0 Å². The third-order valence-corrected chi connectivity index (χ3v) is 4.73. The number of nitrogens with two attached hydrogens (primary N) is 1. The molecule has 1 fully saturated rings. The smallest absolute Gasteiger partial charge is 0.127 e. The molecule has 5 heteroatoms. The van der Waals surface area contributed by atoms with Gasteiger partial charge in [-0.3, -0.25) is 4.90 Å². The van der Waals surface area contributed by atoms with Crippen LogP contribution in [0.4, 0.5) is 0 Å². The monoisotopic (exact) mass is 360 g/mol. The maximum atomic E-state index is 6.09. The Hall–Kier alpha value is -0.290. The second-order valence-corrected chi connectivity index (χ2v) is 6.73. The number of halogens is 2. The van der Waals surface area contributed by atoms with Crippen molar-refractivity contribution in [3.63, 3.8) is 0 Å². The molecule has 3 rings (SSSR count). The van der Waals surface area contributed by atoms with Gasteiger partial charge in [0.25, 0.3) is 0 Å². The maximum absolute atomic E-state index is 6.09. The molecular formula is C15H22BrClN2O. The van der Waals surface area contributed by atoms with Gasteiger partial charge in [-0.1, -0.05) is 22.9 Å². The van der Waals surface area contributed by atoms with Gasteiger partial charge >= 0.3 is 0 Å². The van der Waals surface area contributed by atoms with Crippen molar-refractivity contribution in [1.29, 1.82) is 0 Å². The molecule has 0 aromatic heterocycles. The van der Waals surface area contributed by atoms with Gasteiger partial charge in [-0.15, -0.1) is 12.4 Å². The molecule has 1 aromatic rings. The minimum atomic E-state index is 0.